The van der Waals surface area contributed by atoms with E-state index < -0.39 is 0 Å². The molecule has 3 fully saturated rings. The van der Waals surface area contributed by atoms with Crippen LogP contribution in [0.3, 0.4) is 0 Å². The molecule has 0 unspecified atom stereocenters. The number of piperazine rings is 1. The summed E-state index contributed by atoms with van der Waals surface area (Å²) in [6, 6.07) is 6.80. The van der Waals surface area contributed by atoms with Crippen molar-refractivity contribution in [3.8, 4) is 0 Å². The molecule has 0 N–H and O–H groups in total. The third kappa shape index (κ3) is 3.21. The molecule has 2 aliphatic heterocycles. The fourth-order valence-corrected chi connectivity index (χ4v) is 4.11. The van der Waals surface area contributed by atoms with Crippen molar-refractivity contribution in [1.29, 1.82) is 0 Å². The van der Waals surface area contributed by atoms with E-state index in [0.717, 1.165) is 63.3 Å². The van der Waals surface area contributed by atoms with Crippen molar-refractivity contribution in [3.05, 3.63) is 36.1 Å². The fraction of sp³-hybridized carbons (Fsp3) is 0.632. The maximum absolute atomic E-state index is 5.43. The van der Waals surface area contributed by atoms with Crippen molar-refractivity contribution in [1.82, 2.24) is 24.9 Å². The van der Waals surface area contributed by atoms with E-state index in [1.165, 1.54) is 19.3 Å². The van der Waals surface area contributed by atoms with Gasteiger partial charge in [0.05, 0.1) is 6.54 Å². The van der Waals surface area contributed by atoms with Gasteiger partial charge >= 0.3 is 0 Å². The molecule has 4 heterocycles. The quantitative estimate of drug-likeness (QED) is 0.810. The molecule has 3 aliphatic rings. The average Bonchev–Trinajstić information content (AvgIpc) is 3.05. The van der Waals surface area contributed by atoms with Crippen molar-refractivity contribution in [3.63, 3.8) is 0 Å². The summed E-state index contributed by atoms with van der Waals surface area (Å²) in [7, 11) is 0. The van der Waals surface area contributed by atoms with Crippen LogP contribution in [-0.4, -0.2) is 70.2 Å². The average molecular weight is 354 g/mol. The Morgan fingerprint density at radius 1 is 1.08 bits per heavy atom. The van der Waals surface area contributed by atoms with Gasteiger partial charge in [-0.15, -0.1) is 0 Å². The van der Waals surface area contributed by atoms with Crippen LogP contribution >= 0.6 is 0 Å². The molecule has 2 aromatic rings. The standard InChI is InChI=1S/C19H26N6O/c1-2-7-20-18(6-1)25-10-8-24(9-11-25)16-12-23(13-16)14-17-21-19(26-22-17)15-4-3-5-15/h1-2,6-7,15-16H,3-5,8-14H2. The number of anilines is 1. The number of hydrogen-bond donors (Lipinski definition) is 0. The van der Waals surface area contributed by atoms with Gasteiger partial charge in [-0.05, 0) is 25.0 Å². The van der Waals surface area contributed by atoms with Crippen molar-refractivity contribution in [2.75, 3.05) is 44.2 Å². The molecule has 0 bridgehead atoms. The van der Waals surface area contributed by atoms with E-state index >= 15 is 0 Å². The Morgan fingerprint density at radius 3 is 2.62 bits per heavy atom. The minimum absolute atomic E-state index is 0.524. The first-order chi connectivity index (χ1) is 12.8. The molecular weight excluding hydrogens is 328 g/mol. The molecule has 0 amide bonds. The summed E-state index contributed by atoms with van der Waals surface area (Å²) in [5.74, 6) is 3.33. The van der Waals surface area contributed by atoms with Crippen LogP contribution in [0.1, 0.15) is 36.9 Å². The van der Waals surface area contributed by atoms with E-state index in [9.17, 15) is 0 Å². The van der Waals surface area contributed by atoms with Gasteiger partial charge in [0, 0.05) is 57.4 Å². The molecule has 1 aliphatic carbocycles. The van der Waals surface area contributed by atoms with Crippen LogP contribution in [-0.2, 0) is 6.54 Å². The summed E-state index contributed by atoms with van der Waals surface area (Å²) < 4.78 is 5.43. The predicted octanol–water partition coefficient (Wildman–Crippen LogP) is 1.74. The summed E-state index contributed by atoms with van der Waals surface area (Å²) in [5, 5.41) is 4.17. The van der Waals surface area contributed by atoms with Gasteiger partial charge in [-0.2, -0.15) is 4.98 Å². The first-order valence-electron chi connectivity index (χ1n) is 9.80. The normalized spacial score (nSPS) is 23.0. The second-order valence-corrected chi connectivity index (χ2v) is 7.74. The second kappa shape index (κ2) is 6.96. The van der Waals surface area contributed by atoms with Crippen LogP contribution in [0.2, 0.25) is 0 Å². The molecule has 5 rings (SSSR count). The van der Waals surface area contributed by atoms with Crippen LogP contribution in [0.4, 0.5) is 5.82 Å². The lowest BCUT2D eigenvalue weighted by molar-refractivity contribution is 0.0236. The predicted molar refractivity (Wildman–Crippen MR) is 98.0 cm³/mol. The lowest BCUT2D eigenvalue weighted by atomic mass is 9.85. The van der Waals surface area contributed by atoms with Crippen molar-refractivity contribution in [2.45, 2.75) is 37.8 Å². The molecule has 0 aromatic carbocycles. The van der Waals surface area contributed by atoms with Gasteiger partial charge in [-0.25, -0.2) is 4.98 Å². The van der Waals surface area contributed by atoms with E-state index in [1.54, 1.807) is 0 Å². The maximum Gasteiger partial charge on any atom is 0.229 e. The number of likely N-dealkylation sites (tertiary alicyclic amines) is 1. The van der Waals surface area contributed by atoms with Gasteiger partial charge in [0.15, 0.2) is 5.82 Å². The van der Waals surface area contributed by atoms with Gasteiger partial charge in [-0.1, -0.05) is 17.6 Å². The molecule has 0 atom stereocenters. The summed E-state index contributed by atoms with van der Waals surface area (Å²) in [6.07, 6.45) is 5.58. The highest BCUT2D eigenvalue weighted by Gasteiger charge is 2.34. The zero-order valence-electron chi connectivity index (χ0n) is 15.1. The summed E-state index contributed by atoms with van der Waals surface area (Å²) in [6.45, 7) is 7.38. The van der Waals surface area contributed by atoms with Crippen molar-refractivity contribution < 1.29 is 4.52 Å². The number of aromatic nitrogens is 3. The van der Waals surface area contributed by atoms with E-state index in [-0.39, 0.29) is 0 Å². The number of rotatable bonds is 5. The first kappa shape index (κ1) is 16.2. The molecule has 1 saturated carbocycles. The number of nitrogens with zero attached hydrogens (tertiary/aromatic N) is 6. The minimum Gasteiger partial charge on any atom is -0.354 e. The highest BCUT2D eigenvalue weighted by Crippen LogP contribution is 2.35. The van der Waals surface area contributed by atoms with Gasteiger partial charge in [0.2, 0.25) is 5.89 Å². The van der Waals surface area contributed by atoms with Crippen LogP contribution < -0.4 is 4.90 Å². The van der Waals surface area contributed by atoms with Crippen LogP contribution in [0.25, 0.3) is 0 Å². The van der Waals surface area contributed by atoms with Crippen molar-refractivity contribution >= 4 is 5.82 Å². The number of hydrogen-bond acceptors (Lipinski definition) is 7. The smallest absolute Gasteiger partial charge is 0.229 e. The van der Waals surface area contributed by atoms with Gasteiger partial charge in [0.25, 0.3) is 0 Å². The zero-order valence-corrected chi connectivity index (χ0v) is 15.1. The van der Waals surface area contributed by atoms with E-state index in [0.29, 0.717) is 12.0 Å². The Bertz CT molecular complexity index is 717. The molecule has 138 valence electrons. The van der Waals surface area contributed by atoms with Crippen molar-refractivity contribution in [2.24, 2.45) is 0 Å². The van der Waals surface area contributed by atoms with Gasteiger partial charge in [-0.3, -0.25) is 9.80 Å². The Morgan fingerprint density at radius 2 is 1.92 bits per heavy atom. The summed E-state index contributed by atoms with van der Waals surface area (Å²) in [4.78, 5) is 16.5. The largest absolute Gasteiger partial charge is 0.354 e. The Hall–Kier alpha value is -1.99. The highest BCUT2D eigenvalue weighted by atomic mass is 16.5. The third-order valence-corrected chi connectivity index (χ3v) is 6.05. The SMILES string of the molecule is c1ccc(N2CCN(C3CN(Cc4noc(C5CCC5)n4)C3)CC2)nc1. The van der Waals surface area contributed by atoms with E-state index in [1.807, 2.05) is 12.3 Å². The number of pyridine rings is 1. The zero-order chi connectivity index (χ0) is 17.3. The Balaban J connectivity index is 1.07. The van der Waals surface area contributed by atoms with Gasteiger partial charge in [0.1, 0.15) is 5.82 Å². The lowest BCUT2D eigenvalue weighted by Gasteiger charge is -2.48. The van der Waals surface area contributed by atoms with Crippen LogP contribution in [0.15, 0.2) is 28.9 Å². The summed E-state index contributed by atoms with van der Waals surface area (Å²) >= 11 is 0. The first-order valence-corrected chi connectivity index (χ1v) is 9.80. The molecule has 2 aromatic heterocycles. The molecule has 0 radical (unpaired) electrons. The molecular formula is C19H26N6O. The molecule has 7 nitrogen and oxygen atoms in total. The highest BCUT2D eigenvalue weighted by molar-refractivity contribution is 5.38. The topological polar surface area (TPSA) is 61.5 Å². The monoisotopic (exact) mass is 354 g/mol. The van der Waals surface area contributed by atoms with E-state index in [2.05, 4.69) is 42.0 Å². The summed E-state index contributed by atoms with van der Waals surface area (Å²) in [5.41, 5.74) is 0. The molecule has 26 heavy (non-hydrogen) atoms. The molecule has 0 spiro atoms. The minimum atomic E-state index is 0.524. The molecule has 7 heteroatoms. The second-order valence-electron chi connectivity index (χ2n) is 7.74. The van der Waals surface area contributed by atoms with E-state index in [4.69, 9.17) is 4.52 Å². The lowest BCUT2D eigenvalue weighted by Crippen LogP contribution is -2.62. The Kier molecular flexibility index (Phi) is 4.34. The van der Waals surface area contributed by atoms with Crippen LogP contribution in [0.5, 0.6) is 0 Å². The van der Waals surface area contributed by atoms with Crippen LogP contribution in [0, 0.1) is 0 Å². The Labute approximate surface area is 154 Å². The molecule has 2 saturated heterocycles. The van der Waals surface area contributed by atoms with Gasteiger partial charge < -0.3 is 9.42 Å². The fourth-order valence-electron chi connectivity index (χ4n) is 4.11. The third-order valence-electron chi connectivity index (χ3n) is 6.05. The maximum atomic E-state index is 5.43.